The Morgan fingerprint density at radius 2 is 2.18 bits per heavy atom. The number of carbonyl (C=O) groups excluding carboxylic acids is 1. The van der Waals surface area contributed by atoms with E-state index in [1.165, 1.54) is 31.3 Å². The van der Waals surface area contributed by atoms with Gasteiger partial charge in [-0.25, -0.2) is 4.79 Å². The first-order valence-corrected chi connectivity index (χ1v) is 6.60. The summed E-state index contributed by atoms with van der Waals surface area (Å²) in [6, 6.07) is -0.0962. The minimum Gasteiger partial charge on any atom is -0.380 e. The molecule has 0 radical (unpaired) electrons. The molecule has 0 bridgehead atoms. The van der Waals surface area contributed by atoms with E-state index in [4.69, 9.17) is 4.74 Å². The van der Waals surface area contributed by atoms with Gasteiger partial charge in [0.15, 0.2) is 0 Å². The van der Waals surface area contributed by atoms with Crippen molar-refractivity contribution in [1.82, 2.24) is 10.6 Å². The van der Waals surface area contributed by atoms with Crippen LogP contribution < -0.4 is 10.6 Å². The quantitative estimate of drug-likeness (QED) is 0.529. The van der Waals surface area contributed by atoms with E-state index >= 15 is 0 Å². The highest BCUT2D eigenvalue weighted by Gasteiger charge is 2.04. The fourth-order valence-corrected chi connectivity index (χ4v) is 1.91. The topological polar surface area (TPSA) is 50.4 Å². The summed E-state index contributed by atoms with van der Waals surface area (Å²) in [5.41, 5.74) is 1.49. The molecule has 0 aliphatic heterocycles. The molecule has 17 heavy (non-hydrogen) atoms. The molecule has 2 N–H and O–H groups in total. The molecule has 4 heteroatoms. The van der Waals surface area contributed by atoms with E-state index in [2.05, 4.69) is 16.7 Å². The number of amides is 2. The Morgan fingerprint density at radius 3 is 2.88 bits per heavy atom. The van der Waals surface area contributed by atoms with Crippen LogP contribution in [0, 0.1) is 0 Å². The number of nitrogens with one attached hydrogen (secondary N) is 2. The summed E-state index contributed by atoms with van der Waals surface area (Å²) < 4.78 is 5.13. The monoisotopic (exact) mass is 240 g/mol. The molecule has 0 unspecified atom stereocenters. The van der Waals surface area contributed by atoms with Gasteiger partial charge in [-0.3, -0.25) is 0 Å². The van der Waals surface area contributed by atoms with E-state index in [0.29, 0.717) is 19.8 Å². The third-order valence-electron chi connectivity index (χ3n) is 2.85. The molecule has 98 valence electrons. The number of hydrogen-bond donors (Lipinski definition) is 2. The van der Waals surface area contributed by atoms with E-state index in [1.807, 2.05) is 6.92 Å². The van der Waals surface area contributed by atoms with Gasteiger partial charge in [0.2, 0.25) is 0 Å². The minimum atomic E-state index is -0.0962. The molecule has 1 aliphatic rings. The largest absolute Gasteiger partial charge is 0.380 e. The third-order valence-corrected chi connectivity index (χ3v) is 2.85. The first kappa shape index (κ1) is 14.0. The zero-order valence-corrected chi connectivity index (χ0v) is 10.8. The summed E-state index contributed by atoms with van der Waals surface area (Å²) in [4.78, 5) is 11.4. The van der Waals surface area contributed by atoms with Crippen molar-refractivity contribution < 1.29 is 9.53 Å². The Bertz CT molecular complexity index is 252. The summed E-state index contributed by atoms with van der Waals surface area (Å²) in [6.07, 6.45) is 8.32. The van der Waals surface area contributed by atoms with Crippen molar-refractivity contribution in [3.63, 3.8) is 0 Å². The highest BCUT2D eigenvalue weighted by atomic mass is 16.5. The molecule has 2 amide bonds. The maximum absolute atomic E-state index is 11.4. The Balaban J connectivity index is 1.98. The number of carbonyl (C=O) groups is 1. The number of urea groups is 1. The summed E-state index contributed by atoms with van der Waals surface area (Å²) in [5, 5.41) is 5.62. The highest BCUT2D eigenvalue weighted by molar-refractivity contribution is 5.73. The molecule has 1 rings (SSSR count). The first-order chi connectivity index (χ1) is 8.33. The lowest BCUT2D eigenvalue weighted by Gasteiger charge is -2.13. The van der Waals surface area contributed by atoms with Crippen LogP contribution in [0.4, 0.5) is 4.79 Å². The number of allylic oxidation sites excluding steroid dienone is 1. The van der Waals surface area contributed by atoms with Gasteiger partial charge in [-0.05, 0) is 39.0 Å². The van der Waals surface area contributed by atoms with Gasteiger partial charge in [0.25, 0.3) is 0 Å². The molecule has 0 saturated heterocycles. The van der Waals surface area contributed by atoms with Crippen molar-refractivity contribution in [1.29, 1.82) is 0 Å². The number of hydrogen-bond acceptors (Lipinski definition) is 2. The standard InChI is InChI=1S/C13H24N2O2/c1-2-17-11-10-15-13(16)14-9-8-12-6-4-3-5-7-12/h6H,2-5,7-11H2,1H3,(H2,14,15,16). The SMILES string of the molecule is CCOCCNC(=O)NCCC1=CCCCC1. The maximum Gasteiger partial charge on any atom is 0.314 e. The van der Waals surface area contributed by atoms with Crippen molar-refractivity contribution in [3.05, 3.63) is 11.6 Å². The Labute approximate surface area is 104 Å². The maximum atomic E-state index is 11.4. The highest BCUT2D eigenvalue weighted by Crippen LogP contribution is 2.19. The lowest BCUT2D eigenvalue weighted by molar-refractivity contribution is 0.149. The van der Waals surface area contributed by atoms with E-state index in [1.54, 1.807) is 0 Å². The molecule has 0 aromatic carbocycles. The fraction of sp³-hybridized carbons (Fsp3) is 0.769. The molecule has 0 spiro atoms. The van der Waals surface area contributed by atoms with Crippen molar-refractivity contribution in [3.8, 4) is 0 Å². The summed E-state index contributed by atoms with van der Waals surface area (Å²) in [5.74, 6) is 0. The van der Waals surface area contributed by atoms with Gasteiger partial charge in [0.1, 0.15) is 0 Å². The number of ether oxygens (including phenoxy) is 1. The smallest absolute Gasteiger partial charge is 0.314 e. The summed E-state index contributed by atoms with van der Waals surface area (Å²) in [6.45, 7) is 4.51. The predicted octanol–water partition coefficient (Wildman–Crippen LogP) is 2.21. The van der Waals surface area contributed by atoms with Gasteiger partial charge in [0, 0.05) is 19.7 Å². The Hall–Kier alpha value is -1.03. The molecule has 4 nitrogen and oxygen atoms in total. The third kappa shape index (κ3) is 7.00. The van der Waals surface area contributed by atoms with Gasteiger partial charge in [0.05, 0.1) is 6.61 Å². The van der Waals surface area contributed by atoms with Crippen LogP contribution in [0.15, 0.2) is 11.6 Å². The predicted molar refractivity (Wildman–Crippen MR) is 69.1 cm³/mol. The van der Waals surface area contributed by atoms with Gasteiger partial charge >= 0.3 is 6.03 Å². The van der Waals surface area contributed by atoms with Crippen molar-refractivity contribution in [2.24, 2.45) is 0 Å². The normalized spacial score (nSPS) is 15.2. The average molecular weight is 240 g/mol. The second kappa shape index (κ2) is 9.05. The zero-order valence-electron chi connectivity index (χ0n) is 10.8. The molecule has 0 fully saturated rings. The van der Waals surface area contributed by atoms with Crippen LogP contribution in [-0.4, -0.2) is 32.3 Å². The van der Waals surface area contributed by atoms with Crippen LogP contribution in [0.1, 0.15) is 39.0 Å². The first-order valence-electron chi connectivity index (χ1n) is 6.60. The van der Waals surface area contributed by atoms with Crippen molar-refractivity contribution in [2.75, 3.05) is 26.3 Å². The van der Waals surface area contributed by atoms with Crippen LogP contribution in [-0.2, 0) is 4.74 Å². The zero-order chi connectivity index (χ0) is 12.3. The van der Waals surface area contributed by atoms with Crippen LogP contribution >= 0.6 is 0 Å². The van der Waals surface area contributed by atoms with Crippen LogP contribution in [0.3, 0.4) is 0 Å². The average Bonchev–Trinajstić information content (AvgIpc) is 2.36. The molecule has 1 aliphatic carbocycles. The van der Waals surface area contributed by atoms with Gasteiger partial charge in [-0.15, -0.1) is 0 Å². The second-order valence-electron chi connectivity index (χ2n) is 4.24. The molecule has 0 saturated carbocycles. The minimum absolute atomic E-state index is 0.0962. The fourth-order valence-electron chi connectivity index (χ4n) is 1.91. The molecule has 0 aromatic rings. The molecule has 0 atom stereocenters. The van der Waals surface area contributed by atoms with E-state index in [0.717, 1.165) is 13.0 Å². The summed E-state index contributed by atoms with van der Waals surface area (Å²) in [7, 11) is 0. The van der Waals surface area contributed by atoms with E-state index in [9.17, 15) is 4.79 Å². The van der Waals surface area contributed by atoms with Crippen LogP contribution in [0.2, 0.25) is 0 Å². The van der Waals surface area contributed by atoms with Gasteiger partial charge < -0.3 is 15.4 Å². The number of rotatable bonds is 7. The van der Waals surface area contributed by atoms with E-state index < -0.39 is 0 Å². The van der Waals surface area contributed by atoms with Crippen LogP contribution in [0.5, 0.6) is 0 Å². The molecular formula is C13H24N2O2. The van der Waals surface area contributed by atoms with Crippen molar-refractivity contribution in [2.45, 2.75) is 39.0 Å². The Morgan fingerprint density at radius 1 is 1.35 bits per heavy atom. The van der Waals surface area contributed by atoms with Gasteiger partial charge in [-0.2, -0.15) is 0 Å². The lowest BCUT2D eigenvalue weighted by Crippen LogP contribution is -2.37. The van der Waals surface area contributed by atoms with Gasteiger partial charge in [-0.1, -0.05) is 11.6 Å². The molecular weight excluding hydrogens is 216 g/mol. The van der Waals surface area contributed by atoms with Crippen LogP contribution in [0.25, 0.3) is 0 Å². The second-order valence-corrected chi connectivity index (χ2v) is 4.24. The molecule has 0 heterocycles. The molecule has 0 aromatic heterocycles. The summed E-state index contributed by atoms with van der Waals surface area (Å²) >= 11 is 0. The van der Waals surface area contributed by atoms with Crippen molar-refractivity contribution >= 4 is 6.03 Å². The lowest BCUT2D eigenvalue weighted by atomic mass is 9.97. The Kier molecular flexibility index (Phi) is 7.47. The van der Waals surface area contributed by atoms with E-state index in [-0.39, 0.29) is 6.03 Å².